The number of hydrogen-bond acceptors (Lipinski definition) is 3. The van der Waals surface area contributed by atoms with E-state index in [1.807, 2.05) is 74.2 Å². The van der Waals surface area contributed by atoms with E-state index in [9.17, 15) is 18.3 Å². The van der Waals surface area contributed by atoms with Crippen molar-refractivity contribution in [1.82, 2.24) is 4.90 Å². The highest BCUT2D eigenvalue weighted by Crippen LogP contribution is 2.38. The topological polar surface area (TPSA) is 35.8 Å². The third-order valence-electron chi connectivity index (χ3n) is 6.09. The molecule has 4 rings (SSSR count). The molecule has 0 saturated carbocycles. The lowest BCUT2D eigenvalue weighted by Gasteiger charge is -2.27. The lowest BCUT2D eigenvalue weighted by Crippen LogP contribution is -2.28. The summed E-state index contributed by atoms with van der Waals surface area (Å²) in [5.74, 6) is 0.156. The summed E-state index contributed by atoms with van der Waals surface area (Å²) in [4.78, 5) is 7.74. The van der Waals surface area contributed by atoms with E-state index >= 15 is 0 Å². The zero-order valence-electron chi connectivity index (χ0n) is 21.8. The van der Waals surface area contributed by atoms with Crippen LogP contribution in [0.15, 0.2) is 94.8 Å². The van der Waals surface area contributed by atoms with Gasteiger partial charge in [0.2, 0.25) is 0 Å². The van der Waals surface area contributed by atoms with Crippen LogP contribution in [0.25, 0.3) is 0 Å². The van der Waals surface area contributed by atoms with Crippen molar-refractivity contribution < 1.29 is 18.3 Å². The van der Waals surface area contributed by atoms with Crippen molar-refractivity contribution >= 4 is 34.2 Å². The van der Waals surface area contributed by atoms with Crippen LogP contribution < -0.4 is 0 Å². The maximum absolute atomic E-state index is 13.6. The van der Waals surface area contributed by atoms with Crippen LogP contribution in [0.4, 0.5) is 18.9 Å². The zero-order chi connectivity index (χ0) is 28.2. The summed E-state index contributed by atoms with van der Waals surface area (Å²) in [6, 6.07) is 24.7. The minimum atomic E-state index is -4.60. The summed E-state index contributed by atoms with van der Waals surface area (Å²) >= 11 is 7.28. The lowest BCUT2D eigenvalue weighted by molar-refractivity contribution is -0.137. The Balaban J connectivity index is 1.83. The van der Waals surface area contributed by atoms with Gasteiger partial charge in [-0.2, -0.15) is 13.2 Å². The Morgan fingerprint density at radius 3 is 2.00 bits per heavy atom. The van der Waals surface area contributed by atoms with Crippen molar-refractivity contribution in [3.05, 3.63) is 123 Å². The third kappa shape index (κ3) is 7.80. The number of hydrogen-bond donors (Lipinski definition) is 1. The van der Waals surface area contributed by atoms with Crippen molar-refractivity contribution in [3.8, 4) is 5.75 Å². The minimum Gasteiger partial charge on any atom is -0.508 e. The molecule has 0 radical (unpaired) electrons. The number of aliphatic imine (C=N–C) groups is 1. The molecule has 39 heavy (non-hydrogen) atoms. The first-order chi connectivity index (χ1) is 18.5. The first-order valence-electron chi connectivity index (χ1n) is 12.3. The number of benzene rings is 4. The molecule has 0 aliphatic rings. The smallest absolute Gasteiger partial charge is 0.417 e. The molecule has 1 N–H and O–H groups in total. The quantitative estimate of drug-likeness (QED) is 0.143. The molecule has 202 valence electrons. The molecule has 3 nitrogen and oxygen atoms in total. The third-order valence-corrected chi connectivity index (χ3v) is 7.63. The lowest BCUT2D eigenvalue weighted by atomic mass is 10.1. The van der Waals surface area contributed by atoms with Gasteiger partial charge >= 0.3 is 6.18 Å². The molecule has 0 unspecified atom stereocenters. The summed E-state index contributed by atoms with van der Waals surface area (Å²) in [7, 11) is 0. The molecule has 0 fully saturated rings. The largest absolute Gasteiger partial charge is 0.508 e. The van der Waals surface area contributed by atoms with Gasteiger partial charge in [-0.15, -0.1) is 0 Å². The SMILES string of the molecule is Cc1ccc(CN(Cc2ccc(O)cc2)C(=Nc2ccc(Cl)c(C(F)(F)F)c2)Sc2ccc(C)cc2C)cc1. The van der Waals surface area contributed by atoms with Gasteiger partial charge in [0.15, 0.2) is 5.17 Å². The first-order valence-corrected chi connectivity index (χ1v) is 13.5. The van der Waals surface area contributed by atoms with Gasteiger partial charge in [-0.25, -0.2) is 4.99 Å². The van der Waals surface area contributed by atoms with Crippen LogP contribution in [0, 0.1) is 20.8 Å². The highest BCUT2D eigenvalue weighted by molar-refractivity contribution is 8.13. The molecule has 0 aliphatic carbocycles. The van der Waals surface area contributed by atoms with E-state index in [1.54, 1.807) is 12.1 Å². The van der Waals surface area contributed by atoms with Crippen LogP contribution >= 0.6 is 23.4 Å². The minimum absolute atomic E-state index is 0.151. The Kier molecular flexibility index (Phi) is 8.93. The molecule has 4 aromatic carbocycles. The molecular formula is C31H28ClF3N2OS. The monoisotopic (exact) mass is 568 g/mol. The van der Waals surface area contributed by atoms with Gasteiger partial charge in [0.1, 0.15) is 5.75 Å². The summed E-state index contributed by atoms with van der Waals surface area (Å²) < 4.78 is 40.9. The van der Waals surface area contributed by atoms with E-state index in [4.69, 9.17) is 16.6 Å². The average Bonchev–Trinajstić information content (AvgIpc) is 2.87. The van der Waals surface area contributed by atoms with Crippen LogP contribution in [0.1, 0.15) is 33.4 Å². The summed E-state index contributed by atoms with van der Waals surface area (Å²) in [5.41, 5.74) is 4.45. The van der Waals surface area contributed by atoms with Crippen LogP contribution in [-0.4, -0.2) is 15.2 Å². The summed E-state index contributed by atoms with van der Waals surface area (Å²) in [6.07, 6.45) is -4.60. The molecule has 0 atom stereocenters. The van der Waals surface area contributed by atoms with Gasteiger partial charge < -0.3 is 10.0 Å². The Bertz CT molecular complexity index is 1420. The highest BCUT2D eigenvalue weighted by atomic mass is 35.5. The number of alkyl halides is 3. The van der Waals surface area contributed by atoms with E-state index < -0.39 is 11.7 Å². The second-order valence-corrected chi connectivity index (χ2v) is 10.9. The van der Waals surface area contributed by atoms with Gasteiger partial charge in [-0.3, -0.25) is 0 Å². The molecule has 4 aromatic rings. The Labute approximate surface area is 236 Å². The second-order valence-electron chi connectivity index (χ2n) is 9.44. The van der Waals surface area contributed by atoms with Gasteiger partial charge in [0.05, 0.1) is 16.3 Å². The number of halogens is 4. The van der Waals surface area contributed by atoms with E-state index in [0.29, 0.717) is 18.3 Å². The normalized spacial score (nSPS) is 12.0. The van der Waals surface area contributed by atoms with Crippen molar-refractivity contribution in [1.29, 1.82) is 0 Å². The van der Waals surface area contributed by atoms with Crippen molar-refractivity contribution in [2.45, 2.75) is 44.9 Å². The van der Waals surface area contributed by atoms with Crippen LogP contribution in [0.5, 0.6) is 5.75 Å². The van der Waals surface area contributed by atoms with Crippen molar-refractivity contribution in [3.63, 3.8) is 0 Å². The number of amidine groups is 1. The maximum Gasteiger partial charge on any atom is 0.417 e. The van der Waals surface area contributed by atoms with Crippen molar-refractivity contribution in [2.75, 3.05) is 0 Å². The molecule has 0 amide bonds. The first kappa shape index (κ1) is 28.6. The molecule has 0 spiro atoms. The average molecular weight is 569 g/mol. The molecular weight excluding hydrogens is 541 g/mol. The fourth-order valence-corrected chi connectivity index (χ4v) is 5.19. The fourth-order valence-electron chi connectivity index (χ4n) is 4.01. The summed E-state index contributed by atoms with van der Waals surface area (Å²) in [5, 5.41) is 9.94. The molecule has 0 aromatic heterocycles. The number of aromatic hydroxyl groups is 1. The molecule has 0 saturated heterocycles. The Morgan fingerprint density at radius 1 is 0.821 bits per heavy atom. The Hall–Kier alpha value is -3.42. The van der Waals surface area contributed by atoms with E-state index in [0.717, 1.165) is 38.8 Å². The van der Waals surface area contributed by atoms with Crippen LogP contribution in [-0.2, 0) is 19.3 Å². The number of aryl methyl sites for hydroxylation is 3. The van der Waals surface area contributed by atoms with E-state index in [-0.39, 0.29) is 16.5 Å². The predicted octanol–water partition coefficient (Wildman–Crippen LogP) is 9.47. The summed E-state index contributed by atoms with van der Waals surface area (Å²) in [6.45, 7) is 6.92. The number of thioether (sulfide) groups is 1. The maximum atomic E-state index is 13.6. The molecule has 0 bridgehead atoms. The number of phenolic OH excluding ortho intramolecular Hbond substituents is 1. The van der Waals surface area contributed by atoms with Crippen LogP contribution in [0.2, 0.25) is 5.02 Å². The van der Waals surface area contributed by atoms with E-state index in [2.05, 4.69) is 6.07 Å². The van der Waals surface area contributed by atoms with Crippen LogP contribution in [0.3, 0.4) is 0 Å². The fraction of sp³-hybridized carbons (Fsp3) is 0.194. The predicted molar refractivity (Wildman–Crippen MR) is 154 cm³/mol. The zero-order valence-corrected chi connectivity index (χ0v) is 23.3. The molecule has 0 heterocycles. The number of phenols is 1. The van der Waals surface area contributed by atoms with E-state index in [1.165, 1.54) is 23.9 Å². The van der Waals surface area contributed by atoms with Gasteiger partial charge in [0.25, 0.3) is 0 Å². The number of nitrogens with zero attached hydrogens (tertiary/aromatic N) is 2. The van der Waals surface area contributed by atoms with Crippen molar-refractivity contribution in [2.24, 2.45) is 4.99 Å². The second kappa shape index (κ2) is 12.2. The Morgan fingerprint density at radius 2 is 1.41 bits per heavy atom. The molecule has 8 heteroatoms. The standard InChI is InChI=1S/C31H28ClF3N2OS/c1-20-4-7-23(8-5-20)18-37(19-24-9-12-26(38)13-10-24)30(39-29-15-6-21(2)16-22(29)3)36-25-11-14-28(32)27(17-25)31(33,34)35/h4-17,38H,18-19H2,1-3H3. The van der Waals surface area contributed by atoms with Gasteiger partial charge in [0, 0.05) is 18.0 Å². The van der Waals surface area contributed by atoms with Gasteiger partial charge in [-0.1, -0.05) is 83.0 Å². The highest BCUT2D eigenvalue weighted by Gasteiger charge is 2.33. The van der Waals surface area contributed by atoms with Gasteiger partial charge in [-0.05, 0) is 73.9 Å². The number of rotatable bonds is 6. The molecule has 0 aliphatic heterocycles.